The Morgan fingerprint density at radius 1 is 1.28 bits per heavy atom. The summed E-state index contributed by atoms with van der Waals surface area (Å²) in [7, 11) is 0. The van der Waals surface area contributed by atoms with Gasteiger partial charge in [0.25, 0.3) is 5.91 Å². The van der Waals surface area contributed by atoms with Gasteiger partial charge in [-0.15, -0.1) is 11.6 Å². The molecule has 18 heavy (non-hydrogen) atoms. The first kappa shape index (κ1) is 13.4. The minimum atomic E-state index is 0.0291. The average Bonchev–Trinajstić information content (AvgIpc) is 3.05. The van der Waals surface area contributed by atoms with E-state index in [1.807, 2.05) is 20.8 Å². The Morgan fingerprint density at radius 2 is 1.83 bits per heavy atom. The van der Waals surface area contributed by atoms with Crippen LogP contribution in [0.1, 0.15) is 39.9 Å². The smallest absolute Gasteiger partial charge is 0.251 e. The van der Waals surface area contributed by atoms with Crippen LogP contribution in [-0.4, -0.2) is 18.3 Å². The third kappa shape index (κ3) is 2.69. The predicted molar refractivity (Wildman–Crippen MR) is 75.4 cm³/mol. The first-order valence-electron chi connectivity index (χ1n) is 6.39. The molecular formula is C15H20ClNO. The quantitative estimate of drug-likeness (QED) is 0.831. The van der Waals surface area contributed by atoms with Crippen LogP contribution in [0.5, 0.6) is 0 Å². The SMILES string of the molecule is Cc1cc(C)c(C(=O)NCC2(CCl)CC2)c(C)c1. The van der Waals surface area contributed by atoms with Gasteiger partial charge in [0, 0.05) is 23.4 Å². The first-order chi connectivity index (χ1) is 8.47. The molecule has 0 aromatic heterocycles. The van der Waals surface area contributed by atoms with Crippen molar-refractivity contribution >= 4 is 17.5 Å². The highest BCUT2D eigenvalue weighted by atomic mass is 35.5. The van der Waals surface area contributed by atoms with E-state index in [-0.39, 0.29) is 11.3 Å². The van der Waals surface area contributed by atoms with Crippen molar-refractivity contribution in [3.05, 3.63) is 34.4 Å². The van der Waals surface area contributed by atoms with E-state index in [4.69, 9.17) is 11.6 Å². The van der Waals surface area contributed by atoms with Crippen LogP contribution in [0.2, 0.25) is 0 Å². The normalized spacial score (nSPS) is 16.4. The Bertz CT molecular complexity index is 454. The third-order valence-electron chi connectivity index (χ3n) is 3.77. The molecule has 3 heteroatoms. The molecule has 0 atom stereocenters. The van der Waals surface area contributed by atoms with Crippen molar-refractivity contribution in [1.82, 2.24) is 5.32 Å². The number of halogens is 1. The van der Waals surface area contributed by atoms with Crippen molar-refractivity contribution in [2.75, 3.05) is 12.4 Å². The summed E-state index contributed by atoms with van der Waals surface area (Å²) in [5.74, 6) is 0.667. The summed E-state index contributed by atoms with van der Waals surface area (Å²) < 4.78 is 0. The minimum absolute atomic E-state index is 0.0291. The molecule has 0 radical (unpaired) electrons. The van der Waals surface area contributed by atoms with Gasteiger partial charge in [0.15, 0.2) is 0 Å². The maximum atomic E-state index is 12.2. The Balaban J connectivity index is 2.09. The molecule has 1 aliphatic rings. The highest BCUT2D eigenvalue weighted by molar-refractivity contribution is 6.18. The number of carbonyl (C=O) groups is 1. The van der Waals surface area contributed by atoms with Gasteiger partial charge in [0.1, 0.15) is 0 Å². The molecule has 0 saturated heterocycles. The highest BCUT2D eigenvalue weighted by Crippen LogP contribution is 2.45. The van der Waals surface area contributed by atoms with Crippen molar-refractivity contribution < 1.29 is 4.79 Å². The topological polar surface area (TPSA) is 29.1 Å². The van der Waals surface area contributed by atoms with Crippen LogP contribution in [0.25, 0.3) is 0 Å². The Kier molecular flexibility index (Phi) is 3.67. The number of alkyl halides is 1. The number of aryl methyl sites for hydroxylation is 3. The lowest BCUT2D eigenvalue weighted by atomic mass is 9.99. The molecule has 1 saturated carbocycles. The van der Waals surface area contributed by atoms with E-state index in [1.54, 1.807) is 0 Å². The molecule has 0 spiro atoms. The molecule has 1 amide bonds. The largest absolute Gasteiger partial charge is 0.351 e. The summed E-state index contributed by atoms with van der Waals surface area (Å²) in [6, 6.07) is 4.10. The molecule has 2 rings (SSSR count). The van der Waals surface area contributed by atoms with Gasteiger partial charge in [-0.3, -0.25) is 4.79 Å². The Morgan fingerprint density at radius 3 is 2.28 bits per heavy atom. The van der Waals surface area contributed by atoms with Gasteiger partial charge in [-0.2, -0.15) is 0 Å². The predicted octanol–water partition coefficient (Wildman–Crippen LogP) is 3.36. The summed E-state index contributed by atoms with van der Waals surface area (Å²) >= 11 is 5.92. The fraction of sp³-hybridized carbons (Fsp3) is 0.533. The molecule has 98 valence electrons. The molecule has 0 unspecified atom stereocenters. The standard InChI is InChI=1S/C15H20ClNO/c1-10-6-11(2)13(12(3)7-10)14(18)17-9-15(8-16)4-5-15/h6-7H,4-5,8-9H2,1-3H3,(H,17,18). The second-order valence-corrected chi connectivity index (χ2v) is 5.86. The number of amides is 1. The number of benzene rings is 1. The molecule has 1 fully saturated rings. The van der Waals surface area contributed by atoms with E-state index in [1.165, 1.54) is 5.56 Å². The number of hydrogen-bond acceptors (Lipinski definition) is 1. The van der Waals surface area contributed by atoms with E-state index >= 15 is 0 Å². The van der Waals surface area contributed by atoms with Crippen LogP contribution in [0.4, 0.5) is 0 Å². The number of rotatable bonds is 4. The monoisotopic (exact) mass is 265 g/mol. The summed E-state index contributed by atoms with van der Waals surface area (Å²) in [6.45, 7) is 6.73. The minimum Gasteiger partial charge on any atom is -0.351 e. The second-order valence-electron chi connectivity index (χ2n) is 5.59. The molecule has 2 nitrogen and oxygen atoms in total. The van der Waals surface area contributed by atoms with E-state index in [2.05, 4.69) is 17.4 Å². The highest BCUT2D eigenvalue weighted by Gasteiger charge is 2.41. The van der Waals surface area contributed by atoms with Gasteiger partial charge >= 0.3 is 0 Å². The summed E-state index contributed by atoms with van der Waals surface area (Å²) in [4.78, 5) is 12.2. The number of carbonyl (C=O) groups excluding carboxylic acids is 1. The number of hydrogen-bond donors (Lipinski definition) is 1. The molecule has 1 N–H and O–H groups in total. The molecule has 1 aliphatic carbocycles. The number of nitrogens with one attached hydrogen (secondary N) is 1. The van der Waals surface area contributed by atoms with Crippen LogP contribution in [0.15, 0.2) is 12.1 Å². The molecule has 1 aromatic carbocycles. The lowest BCUT2D eigenvalue weighted by Gasteiger charge is -2.15. The zero-order chi connectivity index (χ0) is 13.3. The van der Waals surface area contributed by atoms with Crippen molar-refractivity contribution in [2.24, 2.45) is 5.41 Å². The zero-order valence-corrected chi connectivity index (χ0v) is 12.0. The van der Waals surface area contributed by atoms with Crippen LogP contribution in [0, 0.1) is 26.2 Å². The molecule has 1 aromatic rings. The van der Waals surface area contributed by atoms with Gasteiger partial charge in [0.2, 0.25) is 0 Å². The average molecular weight is 266 g/mol. The van der Waals surface area contributed by atoms with Crippen LogP contribution in [-0.2, 0) is 0 Å². The van der Waals surface area contributed by atoms with Crippen LogP contribution < -0.4 is 5.32 Å². The van der Waals surface area contributed by atoms with Gasteiger partial charge in [0.05, 0.1) is 0 Å². The summed E-state index contributed by atoms with van der Waals surface area (Å²) in [6.07, 6.45) is 2.26. The molecule has 0 bridgehead atoms. The Hall–Kier alpha value is -1.02. The maximum absolute atomic E-state index is 12.2. The fourth-order valence-corrected chi connectivity index (χ4v) is 2.79. The van der Waals surface area contributed by atoms with Gasteiger partial charge < -0.3 is 5.32 Å². The van der Waals surface area contributed by atoms with Gasteiger partial charge in [-0.05, 0) is 44.7 Å². The van der Waals surface area contributed by atoms with E-state index < -0.39 is 0 Å². The van der Waals surface area contributed by atoms with Crippen LogP contribution in [0.3, 0.4) is 0 Å². The van der Waals surface area contributed by atoms with Crippen molar-refractivity contribution in [1.29, 1.82) is 0 Å². The third-order valence-corrected chi connectivity index (χ3v) is 4.34. The van der Waals surface area contributed by atoms with Crippen molar-refractivity contribution in [3.63, 3.8) is 0 Å². The zero-order valence-electron chi connectivity index (χ0n) is 11.3. The first-order valence-corrected chi connectivity index (χ1v) is 6.93. The van der Waals surface area contributed by atoms with Gasteiger partial charge in [-0.1, -0.05) is 17.7 Å². The summed E-state index contributed by atoms with van der Waals surface area (Å²) in [5.41, 5.74) is 4.26. The molecule has 0 aliphatic heterocycles. The molecule has 0 heterocycles. The molecular weight excluding hydrogens is 246 g/mol. The van der Waals surface area contributed by atoms with E-state index in [0.29, 0.717) is 12.4 Å². The lowest BCUT2D eigenvalue weighted by molar-refractivity contribution is 0.0945. The van der Waals surface area contributed by atoms with Crippen molar-refractivity contribution in [2.45, 2.75) is 33.6 Å². The lowest BCUT2D eigenvalue weighted by Crippen LogP contribution is -2.32. The summed E-state index contributed by atoms with van der Waals surface area (Å²) in [5, 5.41) is 3.03. The van der Waals surface area contributed by atoms with E-state index in [0.717, 1.165) is 29.5 Å². The van der Waals surface area contributed by atoms with Crippen molar-refractivity contribution in [3.8, 4) is 0 Å². The van der Waals surface area contributed by atoms with Gasteiger partial charge in [-0.25, -0.2) is 0 Å². The van der Waals surface area contributed by atoms with E-state index in [9.17, 15) is 4.79 Å². The maximum Gasteiger partial charge on any atom is 0.251 e. The fourth-order valence-electron chi connectivity index (χ4n) is 2.43. The Labute approximate surface area is 114 Å². The second kappa shape index (κ2) is 4.93. The van der Waals surface area contributed by atoms with Crippen LogP contribution >= 0.6 is 11.6 Å².